The Balaban J connectivity index is 1.74. The predicted molar refractivity (Wildman–Crippen MR) is 111 cm³/mol. The van der Waals surface area contributed by atoms with Crippen LogP contribution in [0.2, 0.25) is 0 Å². The molecule has 0 saturated carbocycles. The van der Waals surface area contributed by atoms with E-state index in [0.29, 0.717) is 17.2 Å². The number of thiophene rings is 1. The van der Waals surface area contributed by atoms with Gasteiger partial charge < -0.3 is 10.1 Å². The first-order valence-corrected chi connectivity index (χ1v) is 11.0. The molecule has 150 valence electrons. The van der Waals surface area contributed by atoms with E-state index in [2.05, 4.69) is 17.1 Å². The van der Waals surface area contributed by atoms with Gasteiger partial charge in [-0.2, -0.15) is 0 Å². The number of hydrogen-bond donors (Lipinski definition) is 1. The minimum absolute atomic E-state index is 0.178. The first-order chi connectivity index (χ1) is 13.5. The van der Waals surface area contributed by atoms with Crippen molar-refractivity contribution < 1.29 is 18.7 Å². The number of hydrogen-bond acceptors (Lipinski definition) is 6. The first-order valence-electron chi connectivity index (χ1n) is 9.24. The summed E-state index contributed by atoms with van der Waals surface area (Å²) >= 11 is 2.78. The average molecular weight is 423 g/mol. The Morgan fingerprint density at radius 2 is 2.04 bits per heavy atom. The van der Waals surface area contributed by atoms with Crippen molar-refractivity contribution >= 4 is 40.0 Å². The molecule has 0 saturated heterocycles. The molecule has 0 bridgehead atoms. The average Bonchev–Trinajstić information content (AvgIpc) is 3.04. The van der Waals surface area contributed by atoms with Crippen molar-refractivity contribution in [2.75, 3.05) is 30.8 Å². The van der Waals surface area contributed by atoms with Crippen LogP contribution in [0, 0.1) is 5.82 Å². The molecule has 28 heavy (non-hydrogen) atoms. The molecule has 1 amide bonds. The smallest absolute Gasteiger partial charge is 0.341 e. The van der Waals surface area contributed by atoms with Crippen LogP contribution in [0.1, 0.15) is 34.6 Å². The van der Waals surface area contributed by atoms with Crippen molar-refractivity contribution in [3.63, 3.8) is 0 Å². The zero-order valence-electron chi connectivity index (χ0n) is 15.9. The monoisotopic (exact) mass is 422 g/mol. The van der Waals surface area contributed by atoms with Crippen molar-refractivity contribution in [2.45, 2.75) is 31.7 Å². The summed E-state index contributed by atoms with van der Waals surface area (Å²) in [6.07, 6.45) is 0.772. The number of carbonyl (C=O) groups excluding carboxylic acids is 2. The molecule has 3 rings (SSSR count). The number of ether oxygens (including phenoxy) is 1. The van der Waals surface area contributed by atoms with Crippen molar-refractivity contribution in [1.29, 1.82) is 0 Å². The number of amides is 1. The lowest BCUT2D eigenvalue weighted by Gasteiger charge is -2.25. The summed E-state index contributed by atoms with van der Waals surface area (Å²) in [5, 5.41) is 3.45. The van der Waals surface area contributed by atoms with E-state index in [9.17, 15) is 14.0 Å². The van der Waals surface area contributed by atoms with Gasteiger partial charge in [-0.1, -0.05) is 6.92 Å². The van der Waals surface area contributed by atoms with Gasteiger partial charge in [0.2, 0.25) is 5.91 Å². The lowest BCUT2D eigenvalue weighted by Crippen LogP contribution is -2.30. The number of nitrogens with zero attached hydrogens (tertiary/aromatic N) is 1. The van der Waals surface area contributed by atoms with Crippen LogP contribution < -0.4 is 5.32 Å². The second-order valence-electron chi connectivity index (χ2n) is 6.34. The van der Waals surface area contributed by atoms with Crippen molar-refractivity contribution in [1.82, 2.24) is 4.90 Å². The van der Waals surface area contributed by atoms with Crippen LogP contribution in [0.25, 0.3) is 0 Å². The van der Waals surface area contributed by atoms with Gasteiger partial charge >= 0.3 is 5.97 Å². The van der Waals surface area contributed by atoms with Gasteiger partial charge in [-0.05, 0) is 49.7 Å². The molecule has 0 aliphatic carbocycles. The summed E-state index contributed by atoms with van der Waals surface area (Å²) in [5.74, 6) is -0.715. The molecule has 0 atom stereocenters. The minimum atomic E-state index is -0.383. The largest absolute Gasteiger partial charge is 0.462 e. The number of thioether (sulfide) groups is 1. The maximum atomic E-state index is 13.0. The Morgan fingerprint density at radius 3 is 2.71 bits per heavy atom. The highest BCUT2D eigenvalue weighted by molar-refractivity contribution is 8.00. The standard InChI is InChI=1S/C20H23FN2O3S2/c1-3-23-10-9-15-16(11-23)28-19(18(15)20(25)26-4-2)22-17(24)12-27-14-7-5-13(21)6-8-14/h5-8H,3-4,9-12H2,1-2H3,(H,22,24). The van der Waals surface area contributed by atoms with Crippen molar-refractivity contribution in [2.24, 2.45) is 0 Å². The van der Waals surface area contributed by atoms with Gasteiger partial charge in [0.15, 0.2) is 0 Å². The van der Waals surface area contributed by atoms with E-state index in [0.717, 1.165) is 41.4 Å². The molecule has 5 nitrogen and oxygen atoms in total. The van der Waals surface area contributed by atoms with Gasteiger partial charge in [0, 0.05) is 22.9 Å². The van der Waals surface area contributed by atoms with Crippen LogP contribution in [0.3, 0.4) is 0 Å². The Labute approximate surface area is 172 Å². The fourth-order valence-electron chi connectivity index (χ4n) is 3.08. The number of anilines is 1. The summed E-state index contributed by atoms with van der Waals surface area (Å²) in [6, 6.07) is 6.01. The quantitative estimate of drug-likeness (QED) is 0.536. The van der Waals surface area contributed by atoms with Crippen LogP contribution in [0.15, 0.2) is 29.2 Å². The summed E-state index contributed by atoms with van der Waals surface area (Å²) < 4.78 is 18.2. The van der Waals surface area contributed by atoms with E-state index in [1.165, 1.54) is 35.2 Å². The third kappa shape index (κ3) is 4.92. The number of likely N-dealkylation sites (N-methyl/N-ethyl adjacent to an activating group) is 1. The SMILES string of the molecule is CCOC(=O)c1c(NC(=O)CSc2ccc(F)cc2)sc2c1CCN(CC)C2. The molecule has 0 radical (unpaired) electrons. The molecule has 1 aromatic carbocycles. The van der Waals surface area contributed by atoms with Crippen LogP contribution in [-0.4, -0.2) is 42.2 Å². The third-order valence-corrected chi connectivity index (χ3v) is 6.64. The molecule has 0 unspecified atom stereocenters. The number of fused-ring (bicyclic) bond motifs is 1. The van der Waals surface area contributed by atoms with Gasteiger partial charge in [0.05, 0.1) is 17.9 Å². The van der Waals surface area contributed by atoms with Crippen molar-refractivity contribution in [3.8, 4) is 0 Å². The molecule has 8 heteroatoms. The molecular formula is C20H23FN2O3S2. The second kappa shape index (κ2) is 9.54. The van der Waals surface area contributed by atoms with Crippen LogP contribution >= 0.6 is 23.1 Å². The summed E-state index contributed by atoms with van der Waals surface area (Å²) in [5.41, 5.74) is 1.49. The third-order valence-electron chi connectivity index (χ3n) is 4.50. The Kier molecular flexibility index (Phi) is 7.09. The molecule has 2 heterocycles. The molecule has 1 aromatic heterocycles. The summed E-state index contributed by atoms with van der Waals surface area (Å²) in [4.78, 5) is 29.2. The van der Waals surface area contributed by atoms with E-state index in [1.54, 1.807) is 19.1 Å². The zero-order valence-corrected chi connectivity index (χ0v) is 17.6. The normalized spacial score (nSPS) is 13.8. The molecule has 0 fully saturated rings. The van der Waals surface area contributed by atoms with Gasteiger partial charge in [-0.25, -0.2) is 9.18 Å². The van der Waals surface area contributed by atoms with Crippen molar-refractivity contribution in [3.05, 3.63) is 46.1 Å². The maximum absolute atomic E-state index is 13.0. The topological polar surface area (TPSA) is 58.6 Å². The molecule has 1 aliphatic heterocycles. The minimum Gasteiger partial charge on any atom is -0.462 e. The van der Waals surface area contributed by atoms with E-state index < -0.39 is 0 Å². The fraction of sp³-hybridized carbons (Fsp3) is 0.400. The molecule has 0 spiro atoms. The molecule has 1 N–H and O–H groups in total. The van der Waals surface area contributed by atoms with Gasteiger partial charge in [-0.15, -0.1) is 23.1 Å². The highest BCUT2D eigenvalue weighted by atomic mass is 32.2. The number of esters is 1. The number of benzene rings is 1. The number of carbonyl (C=O) groups is 2. The number of rotatable bonds is 7. The summed E-state index contributed by atoms with van der Waals surface area (Å²) in [6.45, 7) is 6.79. The Bertz CT molecular complexity index is 852. The zero-order chi connectivity index (χ0) is 20.1. The lowest BCUT2D eigenvalue weighted by atomic mass is 10.0. The lowest BCUT2D eigenvalue weighted by molar-refractivity contribution is -0.113. The number of nitrogens with one attached hydrogen (secondary N) is 1. The van der Waals surface area contributed by atoms with Crippen LogP contribution in [-0.2, 0) is 22.5 Å². The Hall–Kier alpha value is -1.90. The van der Waals surface area contributed by atoms with Crippen LogP contribution in [0.4, 0.5) is 9.39 Å². The highest BCUT2D eigenvalue weighted by Gasteiger charge is 2.29. The fourth-order valence-corrected chi connectivity index (χ4v) is 5.07. The van der Waals surface area contributed by atoms with Gasteiger partial charge in [0.1, 0.15) is 10.8 Å². The predicted octanol–water partition coefficient (Wildman–Crippen LogP) is 4.17. The maximum Gasteiger partial charge on any atom is 0.341 e. The number of halogens is 1. The highest BCUT2D eigenvalue weighted by Crippen LogP contribution is 2.37. The van der Waals surface area contributed by atoms with Crippen LogP contribution in [0.5, 0.6) is 0 Å². The first kappa shape index (κ1) is 20.8. The van der Waals surface area contributed by atoms with E-state index in [4.69, 9.17) is 4.74 Å². The van der Waals surface area contributed by atoms with Gasteiger partial charge in [0.25, 0.3) is 0 Å². The van der Waals surface area contributed by atoms with Gasteiger partial charge in [-0.3, -0.25) is 9.69 Å². The molecular weight excluding hydrogens is 399 g/mol. The summed E-state index contributed by atoms with van der Waals surface area (Å²) in [7, 11) is 0. The Morgan fingerprint density at radius 1 is 1.29 bits per heavy atom. The second-order valence-corrected chi connectivity index (χ2v) is 8.49. The van der Waals surface area contributed by atoms with E-state index in [1.807, 2.05) is 0 Å². The molecule has 2 aromatic rings. The van der Waals surface area contributed by atoms with E-state index in [-0.39, 0.29) is 23.4 Å². The van der Waals surface area contributed by atoms with E-state index >= 15 is 0 Å². The molecule has 1 aliphatic rings.